The summed E-state index contributed by atoms with van der Waals surface area (Å²) in [7, 11) is -3.53. The molecule has 2 aromatic rings. The molecule has 0 spiro atoms. The Morgan fingerprint density at radius 3 is 2.67 bits per heavy atom. The molecular formula is C13H17N3O3S2. The molecule has 0 aliphatic carbocycles. The van der Waals surface area contributed by atoms with Gasteiger partial charge in [-0.15, -0.1) is 11.8 Å². The van der Waals surface area contributed by atoms with E-state index in [0.29, 0.717) is 6.54 Å². The van der Waals surface area contributed by atoms with Crippen molar-refractivity contribution in [3.8, 4) is 0 Å². The summed E-state index contributed by atoms with van der Waals surface area (Å²) in [5.41, 5.74) is 0.743. The van der Waals surface area contributed by atoms with Crippen LogP contribution in [-0.4, -0.2) is 36.2 Å². The summed E-state index contributed by atoms with van der Waals surface area (Å²) in [5.74, 6) is 0. The van der Waals surface area contributed by atoms with E-state index < -0.39 is 10.0 Å². The second-order valence-corrected chi connectivity index (χ2v) is 6.98. The Bertz CT molecular complexity index is 681. The highest BCUT2D eigenvalue weighted by Gasteiger charge is 2.13. The van der Waals surface area contributed by atoms with E-state index in [2.05, 4.69) is 9.82 Å². The number of aliphatic hydroxyl groups is 1. The van der Waals surface area contributed by atoms with Gasteiger partial charge in [-0.2, -0.15) is 5.10 Å². The van der Waals surface area contributed by atoms with Crippen molar-refractivity contribution in [2.75, 3.05) is 12.9 Å². The smallest absolute Gasteiger partial charge is 0.240 e. The maximum atomic E-state index is 12.2. The Hall–Kier alpha value is -1.35. The first kappa shape index (κ1) is 16.0. The standard InChI is InChI=1S/C13H17N3O3S2/c1-20-12-2-4-13(5-3-12)21(18,19)15-9-11-8-14-16(10-11)6-7-17/h2-5,8,10,15,17H,6-7,9H2,1H3. The molecule has 0 fully saturated rings. The number of aromatic nitrogens is 2. The van der Waals surface area contributed by atoms with E-state index in [4.69, 9.17) is 5.11 Å². The van der Waals surface area contributed by atoms with Gasteiger partial charge in [-0.25, -0.2) is 13.1 Å². The molecule has 6 nitrogen and oxygen atoms in total. The van der Waals surface area contributed by atoms with Crippen LogP contribution in [0, 0.1) is 0 Å². The molecule has 0 bridgehead atoms. The van der Waals surface area contributed by atoms with Crippen molar-refractivity contribution in [2.45, 2.75) is 22.9 Å². The Morgan fingerprint density at radius 2 is 2.05 bits per heavy atom. The Kier molecular flexibility index (Phi) is 5.40. The number of thioether (sulfide) groups is 1. The molecule has 1 aromatic carbocycles. The Labute approximate surface area is 128 Å². The fourth-order valence-corrected chi connectivity index (χ4v) is 3.16. The molecule has 0 saturated heterocycles. The van der Waals surface area contributed by atoms with Crippen molar-refractivity contribution in [3.63, 3.8) is 0 Å². The second kappa shape index (κ2) is 7.08. The van der Waals surface area contributed by atoms with E-state index in [1.54, 1.807) is 53.1 Å². The highest BCUT2D eigenvalue weighted by Crippen LogP contribution is 2.17. The maximum Gasteiger partial charge on any atom is 0.240 e. The molecule has 0 amide bonds. The lowest BCUT2D eigenvalue weighted by atomic mass is 10.4. The van der Waals surface area contributed by atoms with Crippen molar-refractivity contribution in [3.05, 3.63) is 42.2 Å². The van der Waals surface area contributed by atoms with E-state index in [-0.39, 0.29) is 18.0 Å². The molecule has 0 unspecified atom stereocenters. The van der Waals surface area contributed by atoms with Crippen LogP contribution in [0.5, 0.6) is 0 Å². The summed E-state index contributed by atoms with van der Waals surface area (Å²) in [5, 5.41) is 12.8. The second-order valence-electron chi connectivity index (χ2n) is 4.34. The van der Waals surface area contributed by atoms with Crippen LogP contribution in [0.4, 0.5) is 0 Å². The molecule has 0 atom stereocenters. The van der Waals surface area contributed by atoms with Gasteiger partial charge in [-0.05, 0) is 30.5 Å². The SMILES string of the molecule is CSc1ccc(S(=O)(=O)NCc2cnn(CCO)c2)cc1. The fraction of sp³-hybridized carbons (Fsp3) is 0.308. The van der Waals surface area contributed by atoms with Crippen LogP contribution in [0.2, 0.25) is 0 Å². The molecule has 21 heavy (non-hydrogen) atoms. The highest BCUT2D eigenvalue weighted by atomic mass is 32.2. The molecule has 0 aliphatic heterocycles. The third kappa shape index (κ3) is 4.31. The van der Waals surface area contributed by atoms with Crippen LogP contribution < -0.4 is 4.72 Å². The predicted molar refractivity (Wildman–Crippen MR) is 81.6 cm³/mol. The maximum absolute atomic E-state index is 12.2. The average Bonchev–Trinajstić information content (AvgIpc) is 2.93. The Balaban J connectivity index is 2.02. The van der Waals surface area contributed by atoms with E-state index in [1.165, 1.54) is 0 Å². The predicted octanol–water partition coefficient (Wildman–Crippen LogP) is 1.08. The molecule has 8 heteroatoms. The summed E-state index contributed by atoms with van der Waals surface area (Å²) in [6.07, 6.45) is 5.22. The summed E-state index contributed by atoms with van der Waals surface area (Å²) < 4.78 is 28.4. The third-order valence-electron chi connectivity index (χ3n) is 2.85. The minimum Gasteiger partial charge on any atom is -0.394 e. The highest BCUT2D eigenvalue weighted by molar-refractivity contribution is 7.98. The van der Waals surface area contributed by atoms with Gasteiger partial charge < -0.3 is 5.11 Å². The quantitative estimate of drug-likeness (QED) is 0.743. The molecule has 1 heterocycles. The zero-order valence-corrected chi connectivity index (χ0v) is 13.2. The van der Waals surface area contributed by atoms with Gasteiger partial charge in [0.2, 0.25) is 10.0 Å². The van der Waals surface area contributed by atoms with Gasteiger partial charge >= 0.3 is 0 Å². The molecule has 2 N–H and O–H groups in total. The van der Waals surface area contributed by atoms with Gasteiger partial charge in [0, 0.05) is 23.2 Å². The van der Waals surface area contributed by atoms with Crippen LogP contribution in [0.15, 0.2) is 46.5 Å². The van der Waals surface area contributed by atoms with Gasteiger partial charge in [0.25, 0.3) is 0 Å². The molecule has 0 radical (unpaired) electrons. The first-order chi connectivity index (χ1) is 10.0. The van der Waals surface area contributed by atoms with Gasteiger partial charge in [0.05, 0.1) is 24.2 Å². The lowest BCUT2D eigenvalue weighted by Crippen LogP contribution is -2.23. The van der Waals surface area contributed by atoms with Crippen molar-refractivity contribution in [1.29, 1.82) is 0 Å². The van der Waals surface area contributed by atoms with Crippen molar-refractivity contribution in [1.82, 2.24) is 14.5 Å². The normalized spacial score (nSPS) is 11.7. The molecule has 0 saturated carbocycles. The topological polar surface area (TPSA) is 84.2 Å². The number of sulfonamides is 1. The first-order valence-corrected chi connectivity index (χ1v) is 9.02. The number of nitrogens with one attached hydrogen (secondary N) is 1. The van der Waals surface area contributed by atoms with Gasteiger partial charge in [0.1, 0.15) is 0 Å². The monoisotopic (exact) mass is 327 g/mol. The number of aliphatic hydroxyl groups excluding tert-OH is 1. The zero-order chi connectivity index (χ0) is 15.3. The van der Waals surface area contributed by atoms with Crippen LogP contribution in [0.25, 0.3) is 0 Å². The lowest BCUT2D eigenvalue weighted by Gasteiger charge is -2.06. The van der Waals surface area contributed by atoms with Crippen LogP contribution >= 0.6 is 11.8 Å². The third-order valence-corrected chi connectivity index (χ3v) is 5.01. The van der Waals surface area contributed by atoms with Crippen LogP contribution in [-0.2, 0) is 23.1 Å². The van der Waals surface area contributed by atoms with Crippen molar-refractivity contribution in [2.24, 2.45) is 0 Å². The minimum atomic E-state index is -3.53. The van der Waals surface area contributed by atoms with E-state index in [9.17, 15) is 8.42 Å². The Morgan fingerprint density at radius 1 is 1.33 bits per heavy atom. The number of benzene rings is 1. The average molecular weight is 327 g/mol. The number of nitrogens with zero attached hydrogens (tertiary/aromatic N) is 2. The number of hydrogen-bond acceptors (Lipinski definition) is 5. The molecule has 0 aliphatic rings. The van der Waals surface area contributed by atoms with Crippen LogP contribution in [0.3, 0.4) is 0 Å². The van der Waals surface area contributed by atoms with E-state index in [0.717, 1.165) is 10.5 Å². The molecular weight excluding hydrogens is 310 g/mol. The summed E-state index contributed by atoms with van der Waals surface area (Å²) in [4.78, 5) is 1.25. The van der Waals surface area contributed by atoms with Gasteiger partial charge in [-0.3, -0.25) is 4.68 Å². The minimum absolute atomic E-state index is 0.00532. The zero-order valence-electron chi connectivity index (χ0n) is 11.6. The van der Waals surface area contributed by atoms with E-state index in [1.807, 2.05) is 6.26 Å². The summed E-state index contributed by atoms with van der Waals surface area (Å²) in [6, 6.07) is 6.73. The fourth-order valence-electron chi connectivity index (χ4n) is 1.74. The molecule has 2 rings (SSSR count). The summed E-state index contributed by atoms with van der Waals surface area (Å²) >= 11 is 1.56. The summed E-state index contributed by atoms with van der Waals surface area (Å²) in [6.45, 7) is 0.551. The molecule has 114 valence electrons. The molecule has 1 aromatic heterocycles. The first-order valence-electron chi connectivity index (χ1n) is 6.31. The lowest BCUT2D eigenvalue weighted by molar-refractivity contribution is 0.269. The van der Waals surface area contributed by atoms with Crippen molar-refractivity contribution < 1.29 is 13.5 Å². The van der Waals surface area contributed by atoms with Crippen molar-refractivity contribution >= 4 is 21.8 Å². The van der Waals surface area contributed by atoms with Crippen LogP contribution in [0.1, 0.15) is 5.56 Å². The largest absolute Gasteiger partial charge is 0.394 e. The van der Waals surface area contributed by atoms with E-state index >= 15 is 0 Å². The van der Waals surface area contributed by atoms with Gasteiger partial charge in [0.15, 0.2) is 0 Å². The number of rotatable bonds is 7. The van der Waals surface area contributed by atoms with Gasteiger partial charge in [-0.1, -0.05) is 0 Å². The number of hydrogen-bond donors (Lipinski definition) is 2.